The maximum Gasteiger partial charge on any atom is 0.411 e. The van der Waals surface area contributed by atoms with Gasteiger partial charge in [-0.25, -0.2) is 4.79 Å². The molecule has 0 aromatic heterocycles. The van der Waals surface area contributed by atoms with Gasteiger partial charge in [0.25, 0.3) is 8.32 Å². The van der Waals surface area contributed by atoms with Crippen molar-refractivity contribution in [3.05, 3.63) is 168 Å². The van der Waals surface area contributed by atoms with Crippen molar-refractivity contribution < 1.29 is 23.4 Å². The lowest BCUT2D eigenvalue weighted by molar-refractivity contribution is -0.0614. The third kappa shape index (κ3) is 9.20. The number of benzene rings is 5. The summed E-state index contributed by atoms with van der Waals surface area (Å²) in [5.41, 5.74) is 1.93. The largest absolute Gasteiger partial charge is 0.444 e. The van der Waals surface area contributed by atoms with Crippen molar-refractivity contribution in [3.63, 3.8) is 0 Å². The lowest BCUT2D eigenvalue weighted by Crippen LogP contribution is -2.68. The van der Waals surface area contributed by atoms with E-state index in [0.717, 1.165) is 45.3 Å². The Bertz CT molecular complexity index is 2240. The predicted octanol–water partition coefficient (Wildman–Crippen LogP) is 10.0. The third-order valence-electron chi connectivity index (χ3n) is 15.4. The van der Waals surface area contributed by atoms with Crippen LogP contribution in [-0.2, 0) is 24.2 Å². The molecule has 2 bridgehead atoms. The molecule has 67 heavy (non-hydrogen) atoms. The summed E-state index contributed by atoms with van der Waals surface area (Å²) in [6, 6.07) is 54.7. The molecule has 0 aliphatic carbocycles. The van der Waals surface area contributed by atoms with Crippen LogP contribution in [0, 0.1) is 0 Å². The van der Waals surface area contributed by atoms with Gasteiger partial charge < -0.3 is 18.6 Å². The maximum atomic E-state index is 14.3. The quantitative estimate of drug-likeness (QED) is 0.0555. The number of fused-ring (bicyclic) bond motifs is 3. The van der Waals surface area contributed by atoms with E-state index in [2.05, 4.69) is 187 Å². The molecular weight excluding hydrogens is 847 g/mol. The summed E-state index contributed by atoms with van der Waals surface area (Å²) >= 11 is 0. The van der Waals surface area contributed by atoms with Gasteiger partial charge in [0.2, 0.25) is 0 Å². The van der Waals surface area contributed by atoms with E-state index in [1.54, 1.807) is 0 Å². The molecule has 4 fully saturated rings. The summed E-state index contributed by atoms with van der Waals surface area (Å²) in [5.74, 6) is 0. The van der Waals surface area contributed by atoms with Crippen molar-refractivity contribution in [1.29, 1.82) is 0 Å². The Kier molecular flexibility index (Phi) is 13.7. The molecule has 5 aromatic rings. The van der Waals surface area contributed by atoms with Crippen LogP contribution in [0.3, 0.4) is 0 Å². The second-order valence-electron chi connectivity index (χ2n) is 21.7. The number of ether oxygens (including phenoxy) is 3. The van der Waals surface area contributed by atoms with Gasteiger partial charge in [-0.05, 0) is 97.9 Å². The first-order valence-corrected chi connectivity index (χ1v) is 26.8. The first-order valence-electron chi connectivity index (χ1n) is 24.9. The van der Waals surface area contributed by atoms with Gasteiger partial charge >= 0.3 is 6.09 Å². The summed E-state index contributed by atoms with van der Waals surface area (Å²) in [7, 11) is -2.68. The summed E-state index contributed by atoms with van der Waals surface area (Å²) in [6.45, 7) is 18.6. The fourth-order valence-electron chi connectivity index (χ4n) is 12.6. The van der Waals surface area contributed by atoms with E-state index < -0.39 is 25.0 Å². The molecule has 0 saturated carbocycles. The van der Waals surface area contributed by atoms with Crippen molar-refractivity contribution in [2.45, 2.75) is 119 Å². The van der Waals surface area contributed by atoms with Crippen LogP contribution in [0.1, 0.15) is 96.8 Å². The second-order valence-corrected chi connectivity index (χ2v) is 26.0. The minimum absolute atomic E-state index is 0.00725. The number of hydrogen-bond donors (Lipinski definition) is 0. The lowest BCUT2D eigenvalue weighted by Gasteiger charge is -2.55. The molecule has 4 heterocycles. The molecule has 4 aliphatic rings. The molecule has 9 heteroatoms. The molecule has 0 radical (unpaired) electrons. The van der Waals surface area contributed by atoms with Crippen molar-refractivity contribution in [2.24, 2.45) is 0 Å². The van der Waals surface area contributed by atoms with Crippen LogP contribution < -0.4 is 10.4 Å². The SMILES string of the molecule is CC(C)(C)OC(=O)N1C2CCC1(CCOCCO[C@H]1CN3CCC[C@]3(CO[Si](c3ccccc3)(c3ccccc3)C(C)(C)C)C1)CN(C(c1ccccc1)(c1ccccc1)c1ccccc1)C2. The molecule has 9 rings (SSSR count). The molecular formula is C58H73N3O5Si. The first kappa shape index (κ1) is 47.5. The van der Waals surface area contributed by atoms with E-state index in [-0.39, 0.29) is 28.8 Å². The number of carbonyl (C=O) groups is 1. The lowest BCUT2D eigenvalue weighted by atomic mass is 9.74. The van der Waals surface area contributed by atoms with Crippen LogP contribution in [0.5, 0.6) is 0 Å². The van der Waals surface area contributed by atoms with Crippen molar-refractivity contribution in [3.8, 4) is 0 Å². The molecule has 1 amide bonds. The number of amides is 1. The van der Waals surface area contributed by atoms with E-state index in [1.165, 1.54) is 33.5 Å². The third-order valence-corrected chi connectivity index (χ3v) is 20.4. The number of piperazine rings is 1. The Balaban J connectivity index is 0.899. The molecule has 4 aliphatic heterocycles. The molecule has 354 valence electrons. The standard InChI is InChI=1S/C58H73N3O5Si/c1-54(2,3)66-53(62)61-49-33-35-56(61,44-60(42-49)58(46-23-12-7-13-24-46,47-25-14-8-15-26-47)48-27-16-9-17-28-48)36-38-63-39-40-64-50-41-57(34-22-37-59(57)43-50)45-65-67(55(4,5)6,51-29-18-10-19-30-51)52-31-20-11-21-32-52/h7-21,23-32,49-50H,22,33-45H2,1-6H3/t49?,50-,56?,57-/m1/s1. The molecule has 4 atom stereocenters. The van der Waals surface area contributed by atoms with Crippen LogP contribution in [-0.4, -0.2) is 111 Å². The molecule has 5 aromatic carbocycles. The zero-order valence-corrected chi connectivity index (χ0v) is 41.9. The van der Waals surface area contributed by atoms with Gasteiger partial charge in [-0.15, -0.1) is 0 Å². The molecule has 0 spiro atoms. The van der Waals surface area contributed by atoms with Crippen molar-refractivity contribution in [1.82, 2.24) is 14.7 Å². The van der Waals surface area contributed by atoms with E-state index in [9.17, 15) is 4.79 Å². The summed E-state index contributed by atoms with van der Waals surface area (Å²) in [4.78, 5) is 21.8. The Labute approximate surface area is 401 Å². The van der Waals surface area contributed by atoms with E-state index >= 15 is 0 Å². The van der Waals surface area contributed by atoms with Gasteiger partial charge in [0.1, 0.15) is 5.60 Å². The minimum Gasteiger partial charge on any atom is -0.444 e. The van der Waals surface area contributed by atoms with E-state index in [4.69, 9.17) is 18.6 Å². The highest BCUT2D eigenvalue weighted by atomic mass is 28.4. The Morgan fingerprint density at radius 2 is 1.19 bits per heavy atom. The highest BCUT2D eigenvalue weighted by molar-refractivity contribution is 6.99. The number of likely N-dealkylation sites (tertiary alicyclic amines) is 1. The number of nitrogens with zero attached hydrogens (tertiary/aromatic N) is 3. The number of hydrogen-bond acceptors (Lipinski definition) is 7. The summed E-state index contributed by atoms with van der Waals surface area (Å²) in [6.07, 6.45) is 5.66. The maximum absolute atomic E-state index is 14.3. The average molecular weight is 920 g/mol. The van der Waals surface area contributed by atoms with Gasteiger partial charge in [0, 0.05) is 37.8 Å². The molecule has 0 N–H and O–H groups in total. The Morgan fingerprint density at radius 1 is 0.657 bits per heavy atom. The zero-order valence-electron chi connectivity index (χ0n) is 40.9. The second kappa shape index (κ2) is 19.4. The Hall–Kier alpha value is -4.61. The minimum atomic E-state index is -2.68. The average Bonchev–Trinajstić information content (AvgIpc) is 3.95. The topological polar surface area (TPSA) is 63.7 Å². The van der Waals surface area contributed by atoms with Crippen molar-refractivity contribution in [2.75, 3.05) is 52.6 Å². The molecule has 2 unspecified atom stereocenters. The monoisotopic (exact) mass is 920 g/mol. The fraction of sp³-hybridized carbons (Fsp3) is 0.466. The van der Waals surface area contributed by atoms with Crippen molar-refractivity contribution >= 4 is 24.8 Å². The highest BCUT2D eigenvalue weighted by Gasteiger charge is 2.59. The predicted molar refractivity (Wildman–Crippen MR) is 272 cm³/mol. The van der Waals surface area contributed by atoms with Crippen LogP contribution in [0.25, 0.3) is 0 Å². The van der Waals surface area contributed by atoms with Gasteiger partial charge in [-0.3, -0.25) is 14.7 Å². The van der Waals surface area contributed by atoms with Crippen LogP contribution in [0.15, 0.2) is 152 Å². The zero-order chi connectivity index (χ0) is 46.8. The highest BCUT2D eigenvalue weighted by Crippen LogP contribution is 2.50. The number of carbonyl (C=O) groups excluding carboxylic acids is 1. The van der Waals surface area contributed by atoms with E-state index in [1.807, 2.05) is 20.8 Å². The summed E-state index contributed by atoms with van der Waals surface area (Å²) in [5, 5.41) is 2.57. The Morgan fingerprint density at radius 3 is 1.72 bits per heavy atom. The normalized spacial score (nSPS) is 23.6. The van der Waals surface area contributed by atoms with Crippen LogP contribution >= 0.6 is 0 Å². The number of rotatable bonds is 16. The molecule has 4 saturated heterocycles. The van der Waals surface area contributed by atoms with Gasteiger partial charge in [0.05, 0.1) is 37.0 Å². The summed E-state index contributed by atoms with van der Waals surface area (Å²) < 4.78 is 27.0. The molecule has 8 nitrogen and oxygen atoms in total. The van der Waals surface area contributed by atoms with Gasteiger partial charge in [-0.1, -0.05) is 172 Å². The van der Waals surface area contributed by atoms with Gasteiger partial charge in [0.15, 0.2) is 0 Å². The van der Waals surface area contributed by atoms with E-state index in [0.29, 0.717) is 39.4 Å². The fourth-order valence-corrected chi connectivity index (χ4v) is 17.3. The first-order chi connectivity index (χ1) is 32.3. The van der Waals surface area contributed by atoms with Gasteiger partial charge in [-0.2, -0.15) is 0 Å². The van der Waals surface area contributed by atoms with Crippen LogP contribution in [0.2, 0.25) is 5.04 Å². The smallest absolute Gasteiger partial charge is 0.411 e. The van der Waals surface area contributed by atoms with Crippen LogP contribution in [0.4, 0.5) is 4.79 Å².